The fourth-order valence-corrected chi connectivity index (χ4v) is 2.40. The summed E-state index contributed by atoms with van der Waals surface area (Å²) in [6, 6.07) is 6.50. The predicted octanol–water partition coefficient (Wildman–Crippen LogP) is 3.95. The van der Waals surface area contributed by atoms with Crippen molar-refractivity contribution in [3.05, 3.63) is 63.2 Å². The van der Waals surface area contributed by atoms with Gasteiger partial charge in [0.1, 0.15) is 5.56 Å². The molecule has 0 saturated heterocycles. The SMILES string of the molecule is CCOc1cc(C(=O)NCc2ccc(C(F)(F)F)cc2)c([N+](=O)[O-])cc1OC. The van der Waals surface area contributed by atoms with Gasteiger partial charge in [-0.2, -0.15) is 13.2 Å². The van der Waals surface area contributed by atoms with Crippen LogP contribution in [0.5, 0.6) is 11.5 Å². The molecule has 150 valence electrons. The van der Waals surface area contributed by atoms with Crippen molar-refractivity contribution < 1.29 is 32.4 Å². The van der Waals surface area contributed by atoms with Gasteiger partial charge in [-0.05, 0) is 24.6 Å². The van der Waals surface area contributed by atoms with E-state index in [1.165, 1.54) is 25.3 Å². The number of nitro benzene ring substituents is 1. The van der Waals surface area contributed by atoms with Crippen LogP contribution in [0.3, 0.4) is 0 Å². The zero-order valence-electron chi connectivity index (χ0n) is 15.0. The van der Waals surface area contributed by atoms with Gasteiger partial charge in [-0.15, -0.1) is 0 Å². The Bertz CT molecular complexity index is 867. The first-order valence-corrected chi connectivity index (χ1v) is 8.11. The quantitative estimate of drug-likeness (QED) is 0.563. The Morgan fingerprint density at radius 1 is 1.18 bits per heavy atom. The zero-order chi connectivity index (χ0) is 20.9. The number of rotatable bonds is 7. The molecule has 0 heterocycles. The molecule has 10 heteroatoms. The molecule has 0 aliphatic heterocycles. The Morgan fingerprint density at radius 3 is 2.32 bits per heavy atom. The van der Waals surface area contributed by atoms with Crippen LogP contribution >= 0.6 is 0 Å². The highest BCUT2D eigenvalue weighted by molar-refractivity contribution is 5.99. The molecule has 0 saturated carbocycles. The lowest BCUT2D eigenvalue weighted by molar-refractivity contribution is -0.385. The molecule has 0 bridgehead atoms. The van der Waals surface area contributed by atoms with Gasteiger partial charge in [-0.25, -0.2) is 0 Å². The minimum Gasteiger partial charge on any atom is -0.493 e. The van der Waals surface area contributed by atoms with E-state index < -0.39 is 28.3 Å². The van der Waals surface area contributed by atoms with E-state index in [0.717, 1.165) is 18.2 Å². The molecule has 0 radical (unpaired) electrons. The van der Waals surface area contributed by atoms with E-state index in [0.29, 0.717) is 5.56 Å². The maximum atomic E-state index is 12.6. The highest BCUT2D eigenvalue weighted by Gasteiger charge is 2.30. The van der Waals surface area contributed by atoms with Crippen LogP contribution in [0.15, 0.2) is 36.4 Å². The van der Waals surface area contributed by atoms with Crippen LogP contribution in [0.4, 0.5) is 18.9 Å². The van der Waals surface area contributed by atoms with Crippen molar-refractivity contribution in [2.24, 2.45) is 0 Å². The third-order valence-electron chi connectivity index (χ3n) is 3.76. The minimum absolute atomic E-state index is 0.104. The third-order valence-corrected chi connectivity index (χ3v) is 3.76. The molecule has 0 aromatic heterocycles. The van der Waals surface area contributed by atoms with E-state index in [4.69, 9.17) is 9.47 Å². The van der Waals surface area contributed by atoms with Crippen molar-refractivity contribution in [2.75, 3.05) is 13.7 Å². The first kappa shape index (κ1) is 21.0. The van der Waals surface area contributed by atoms with Crippen LogP contribution in [0.25, 0.3) is 0 Å². The Morgan fingerprint density at radius 2 is 1.82 bits per heavy atom. The molecule has 2 aromatic rings. The summed E-state index contributed by atoms with van der Waals surface area (Å²) >= 11 is 0. The second kappa shape index (κ2) is 8.59. The smallest absolute Gasteiger partial charge is 0.416 e. The molecule has 0 fully saturated rings. The molecule has 28 heavy (non-hydrogen) atoms. The van der Waals surface area contributed by atoms with Crippen LogP contribution < -0.4 is 14.8 Å². The second-order valence-corrected chi connectivity index (χ2v) is 5.59. The normalized spacial score (nSPS) is 11.0. The summed E-state index contributed by atoms with van der Waals surface area (Å²) in [5, 5.41) is 13.7. The Hall–Kier alpha value is -3.30. The first-order valence-electron chi connectivity index (χ1n) is 8.11. The fraction of sp³-hybridized carbons (Fsp3) is 0.278. The maximum absolute atomic E-state index is 12.6. The number of hydrogen-bond acceptors (Lipinski definition) is 5. The van der Waals surface area contributed by atoms with Crippen molar-refractivity contribution in [2.45, 2.75) is 19.6 Å². The number of hydrogen-bond donors (Lipinski definition) is 1. The number of nitrogens with one attached hydrogen (secondary N) is 1. The predicted molar refractivity (Wildman–Crippen MR) is 93.4 cm³/mol. The van der Waals surface area contributed by atoms with E-state index >= 15 is 0 Å². The summed E-state index contributed by atoms with van der Waals surface area (Å²) in [5.41, 5.74) is -1.14. The van der Waals surface area contributed by atoms with Crippen molar-refractivity contribution in [1.82, 2.24) is 5.32 Å². The summed E-state index contributed by atoms with van der Waals surface area (Å²) in [4.78, 5) is 23.0. The van der Waals surface area contributed by atoms with Gasteiger partial charge in [-0.3, -0.25) is 14.9 Å². The summed E-state index contributed by atoms with van der Waals surface area (Å²) < 4.78 is 48.1. The number of carbonyl (C=O) groups is 1. The van der Waals surface area contributed by atoms with Gasteiger partial charge in [0.2, 0.25) is 0 Å². The van der Waals surface area contributed by atoms with Crippen molar-refractivity contribution in [1.29, 1.82) is 0 Å². The lowest BCUT2D eigenvalue weighted by Crippen LogP contribution is -2.24. The molecule has 7 nitrogen and oxygen atoms in total. The number of halogens is 3. The average molecular weight is 398 g/mol. The van der Waals surface area contributed by atoms with Crippen LogP contribution in [-0.4, -0.2) is 24.5 Å². The lowest BCUT2D eigenvalue weighted by Gasteiger charge is -2.12. The van der Waals surface area contributed by atoms with Crippen LogP contribution in [0, 0.1) is 10.1 Å². The number of carbonyl (C=O) groups excluding carboxylic acids is 1. The molecular weight excluding hydrogens is 381 g/mol. The summed E-state index contributed by atoms with van der Waals surface area (Å²) in [6.07, 6.45) is -4.46. The van der Waals surface area contributed by atoms with Gasteiger partial charge < -0.3 is 14.8 Å². The standard InChI is InChI=1S/C18H17F3N2O5/c1-3-28-16-8-13(14(23(25)26)9-15(16)27-2)17(24)22-10-11-4-6-12(7-5-11)18(19,20)21/h4-9H,3,10H2,1-2H3,(H,22,24). The molecule has 1 amide bonds. The molecule has 0 aliphatic carbocycles. The van der Waals surface area contributed by atoms with Gasteiger partial charge in [0.05, 0.1) is 30.3 Å². The number of nitrogens with zero attached hydrogens (tertiary/aromatic N) is 1. The molecule has 0 aliphatic rings. The number of alkyl halides is 3. The number of methoxy groups -OCH3 is 1. The number of ether oxygens (including phenoxy) is 2. The molecule has 0 spiro atoms. The van der Waals surface area contributed by atoms with Crippen molar-refractivity contribution in [3.63, 3.8) is 0 Å². The highest BCUT2D eigenvalue weighted by Crippen LogP contribution is 2.35. The van der Waals surface area contributed by atoms with E-state index in [2.05, 4.69) is 5.32 Å². The van der Waals surface area contributed by atoms with E-state index in [1.807, 2.05) is 0 Å². The Balaban J connectivity index is 2.23. The number of amides is 1. The summed E-state index contributed by atoms with van der Waals surface area (Å²) in [5.74, 6) is -0.502. The van der Waals surface area contributed by atoms with Gasteiger partial charge in [0.25, 0.3) is 11.6 Å². The molecule has 0 unspecified atom stereocenters. The Labute approximate surface area is 158 Å². The Kier molecular flexibility index (Phi) is 6.45. The number of benzene rings is 2. The van der Waals surface area contributed by atoms with Gasteiger partial charge in [0, 0.05) is 12.6 Å². The van der Waals surface area contributed by atoms with Gasteiger partial charge in [-0.1, -0.05) is 12.1 Å². The van der Waals surface area contributed by atoms with E-state index in [9.17, 15) is 28.1 Å². The molecule has 2 rings (SSSR count). The van der Waals surface area contributed by atoms with Crippen LogP contribution in [-0.2, 0) is 12.7 Å². The minimum atomic E-state index is -4.46. The summed E-state index contributed by atoms with van der Waals surface area (Å²) in [6.45, 7) is 1.84. The van der Waals surface area contributed by atoms with Gasteiger partial charge >= 0.3 is 6.18 Å². The topological polar surface area (TPSA) is 90.7 Å². The highest BCUT2D eigenvalue weighted by atomic mass is 19.4. The van der Waals surface area contributed by atoms with E-state index in [1.54, 1.807) is 6.92 Å². The second-order valence-electron chi connectivity index (χ2n) is 5.59. The summed E-state index contributed by atoms with van der Waals surface area (Å²) in [7, 11) is 1.31. The van der Waals surface area contributed by atoms with Crippen molar-refractivity contribution >= 4 is 11.6 Å². The molecule has 1 N–H and O–H groups in total. The van der Waals surface area contributed by atoms with Crippen LogP contribution in [0.1, 0.15) is 28.4 Å². The van der Waals surface area contributed by atoms with Gasteiger partial charge in [0.15, 0.2) is 11.5 Å². The van der Waals surface area contributed by atoms with Crippen molar-refractivity contribution in [3.8, 4) is 11.5 Å². The monoisotopic (exact) mass is 398 g/mol. The molecule has 0 atom stereocenters. The number of nitro groups is 1. The van der Waals surface area contributed by atoms with Crippen LogP contribution in [0.2, 0.25) is 0 Å². The largest absolute Gasteiger partial charge is 0.493 e. The van der Waals surface area contributed by atoms with E-state index in [-0.39, 0.29) is 30.2 Å². The average Bonchev–Trinajstić information content (AvgIpc) is 2.65. The fourth-order valence-electron chi connectivity index (χ4n) is 2.40. The third kappa shape index (κ3) is 4.90. The zero-order valence-corrected chi connectivity index (χ0v) is 15.0. The molecular formula is C18H17F3N2O5. The lowest BCUT2D eigenvalue weighted by atomic mass is 10.1. The maximum Gasteiger partial charge on any atom is 0.416 e. The molecule has 2 aromatic carbocycles. The first-order chi connectivity index (χ1) is 13.2.